The van der Waals surface area contributed by atoms with Gasteiger partial charge in [-0.2, -0.15) is 0 Å². The summed E-state index contributed by atoms with van der Waals surface area (Å²) in [6.45, 7) is 0. The summed E-state index contributed by atoms with van der Waals surface area (Å²) in [5.74, 6) is 0. The molecule has 0 aromatic heterocycles. The summed E-state index contributed by atoms with van der Waals surface area (Å²) < 4.78 is 13.6. The van der Waals surface area contributed by atoms with E-state index in [2.05, 4.69) is 50.5 Å². The first-order valence-electron chi connectivity index (χ1n) is 7.09. The Balaban J connectivity index is 1.30. The molecule has 156 valence electrons. The highest BCUT2D eigenvalue weighted by Crippen LogP contribution is 2.65. The molecular weight excluding hydrogens is 669 g/mol. The Bertz CT molecular complexity index is 838. The molecule has 0 N–H and O–H groups in total. The second-order valence-electron chi connectivity index (χ2n) is 4.78. The molecule has 0 saturated carbocycles. The summed E-state index contributed by atoms with van der Waals surface area (Å²) in [6, 6.07) is 0. The fourth-order valence-corrected chi connectivity index (χ4v) is 18.3. The lowest BCUT2D eigenvalue weighted by atomic mass is 11.2. The molecule has 0 atom stereocenters. The molecule has 4 rings (SSSR count). The Morgan fingerprint density at radius 3 is 1.03 bits per heavy atom. The molecule has 0 aromatic rings. The molecule has 4 heterocycles. The highest BCUT2D eigenvalue weighted by Gasteiger charge is 2.29. The Morgan fingerprint density at radius 2 is 0.690 bits per heavy atom. The van der Waals surface area contributed by atoms with Gasteiger partial charge < -0.3 is 0 Å². The number of thioether (sulfide) groups is 10. The van der Waals surface area contributed by atoms with E-state index in [0.717, 1.165) is 30.5 Å². The van der Waals surface area contributed by atoms with E-state index in [0.29, 0.717) is 0 Å². The topological polar surface area (TPSA) is 0 Å². The van der Waals surface area contributed by atoms with Gasteiger partial charge >= 0.3 is 0 Å². The summed E-state index contributed by atoms with van der Waals surface area (Å²) >= 11 is 44.7. The summed E-state index contributed by atoms with van der Waals surface area (Å²) in [5, 5.41) is 0.924. The molecule has 29 heavy (non-hydrogen) atoms. The highest BCUT2D eigenvalue weighted by molar-refractivity contribution is 8.45. The van der Waals surface area contributed by atoms with Crippen LogP contribution >= 0.6 is 193 Å². The molecule has 0 fully saturated rings. The largest absolute Gasteiger partial charge is 0.135 e. The van der Waals surface area contributed by atoms with Gasteiger partial charge in [-0.25, -0.2) is 0 Å². The van der Waals surface area contributed by atoms with Crippen molar-refractivity contribution in [1.82, 2.24) is 0 Å². The van der Waals surface area contributed by atoms with Crippen LogP contribution in [0.25, 0.3) is 0 Å². The third kappa shape index (κ3) is 6.63. The predicted octanol–water partition coefficient (Wildman–Crippen LogP) is 10.7. The monoisotopic (exact) mass is 676 g/mol. The molecule has 16 heteroatoms. The molecule has 0 nitrogen and oxygen atoms in total. The summed E-state index contributed by atoms with van der Waals surface area (Å²) in [4.78, 5) is 0. The van der Waals surface area contributed by atoms with Crippen molar-refractivity contribution in [2.75, 3.05) is 5.08 Å². The first-order chi connectivity index (χ1) is 13.8. The van der Waals surface area contributed by atoms with Gasteiger partial charge in [0.15, 0.2) is 0 Å². The van der Waals surface area contributed by atoms with E-state index in [4.69, 9.17) is 25.3 Å². The third-order valence-corrected chi connectivity index (χ3v) is 20.7. The Morgan fingerprint density at radius 1 is 0.414 bits per heavy atom. The highest BCUT2D eigenvalue weighted by atomic mass is 32.3. The molecule has 0 radical (unpaired) electrons. The van der Waals surface area contributed by atoms with Crippen LogP contribution in [-0.2, 0) is 0 Å². The van der Waals surface area contributed by atoms with Crippen LogP contribution in [0.2, 0.25) is 0 Å². The maximum absolute atomic E-state index is 4.69. The second-order valence-corrected chi connectivity index (χ2v) is 21.3. The van der Waals surface area contributed by atoms with Crippen molar-refractivity contribution >= 4 is 193 Å². The minimum Gasteiger partial charge on any atom is -0.135 e. The van der Waals surface area contributed by atoms with Gasteiger partial charge in [0.05, 0.1) is 50.8 Å². The average Bonchev–Trinajstić information content (AvgIpc) is 3.39. The van der Waals surface area contributed by atoms with Gasteiger partial charge in [-0.1, -0.05) is 94.1 Å². The van der Waals surface area contributed by atoms with E-state index in [1.54, 1.807) is 94.1 Å². The van der Waals surface area contributed by atoms with Gasteiger partial charge in [0, 0.05) is 5.08 Å². The fraction of sp³-hybridized carbons (Fsp3) is 0.0769. The first-order valence-corrected chi connectivity index (χ1v) is 18.3. The Kier molecular flexibility index (Phi) is 10.7. The van der Waals surface area contributed by atoms with Crippen LogP contribution < -0.4 is 0 Å². The van der Waals surface area contributed by atoms with Gasteiger partial charge in [0.2, 0.25) is 0 Å². The zero-order valence-corrected chi connectivity index (χ0v) is 27.0. The second kappa shape index (κ2) is 11.8. The number of thiol groups is 6. The lowest BCUT2D eigenvalue weighted by Gasteiger charge is -2.04. The van der Waals surface area contributed by atoms with Crippen LogP contribution in [-0.4, -0.2) is 5.08 Å². The van der Waals surface area contributed by atoms with Crippen molar-refractivity contribution < 1.29 is 0 Å². The smallest absolute Gasteiger partial charge is 0.0717 e. The SMILES string of the molecule is SC1=C(S)SC(=C2SC(S)=C(SCSC3=C(S)SC(=C4SC(S)=C(S)S4)S3)S2)S1. The summed E-state index contributed by atoms with van der Waals surface area (Å²) in [6.07, 6.45) is 0. The van der Waals surface area contributed by atoms with Crippen LogP contribution in [0.4, 0.5) is 0 Å². The van der Waals surface area contributed by atoms with Crippen molar-refractivity contribution in [3.05, 3.63) is 50.8 Å². The van der Waals surface area contributed by atoms with E-state index in [1.807, 2.05) is 23.5 Å². The zero-order valence-electron chi connectivity index (χ0n) is 13.5. The third-order valence-electron chi connectivity index (χ3n) is 2.94. The molecule has 0 bridgehead atoms. The molecule has 0 amide bonds. The summed E-state index contributed by atoms with van der Waals surface area (Å²) in [7, 11) is 0. The van der Waals surface area contributed by atoms with Gasteiger partial charge in [0.1, 0.15) is 0 Å². The van der Waals surface area contributed by atoms with Crippen molar-refractivity contribution in [3.8, 4) is 0 Å². The molecule has 0 spiro atoms. The quantitative estimate of drug-likeness (QED) is 0.125. The molecule has 0 aliphatic carbocycles. The lowest BCUT2D eigenvalue weighted by molar-refractivity contribution is 2.21. The van der Waals surface area contributed by atoms with E-state index in [-0.39, 0.29) is 0 Å². The van der Waals surface area contributed by atoms with Crippen LogP contribution in [0.3, 0.4) is 0 Å². The van der Waals surface area contributed by atoms with Crippen LogP contribution in [0, 0.1) is 0 Å². The number of hydrogen-bond acceptors (Lipinski definition) is 16. The van der Waals surface area contributed by atoms with Gasteiger partial charge in [-0.05, 0) is 0 Å². The minimum atomic E-state index is 0.924. The van der Waals surface area contributed by atoms with Crippen molar-refractivity contribution in [2.45, 2.75) is 0 Å². The molecule has 4 aliphatic heterocycles. The maximum atomic E-state index is 4.69. The first kappa shape index (κ1) is 26.1. The van der Waals surface area contributed by atoms with Gasteiger partial charge in [-0.15, -0.1) is 99.3 Å². The number of hydrogen-bond donors (Lipinski definition) is 6. The number of rotatable bonds is 4. The Hall–Kier alpha value is 4.04. The molecule has 0 unspecified atom stereocenters. The lowest BCUT2D eigenvalue weighted by Crippen LogP contribution is -1.73. The van der Waals surface area contributed by atoms with Gasteiger partial charge in [-0.3, -0.25) is 0 Å². The molecule has 0 aromatic carbocycles. The van der Waals surface area contributed by atoms with Gasteiger partial charge in [0.25, 0.3) is 0 Å². The summed E-state index contributed by atoms with van der Waals surface area (Å²) in [5.41, 5.74) is 0. The average molecular weight is 677 g/mol. The van der Waals surface area contributed by atoms with E-state index < -0.39 is 0 Å². The van der Waals surface area contributed by atoms with Crippen molar-refractivity contribution in [1.29, 1.82) is 0 Å². The normalized spacial score (nSPS) is 23.4. The fourth-order valence-electron chi connectivity index (χ4n) is 1.78. The Labute approximate surface area is 245 Å². The maximum Gasteiger partial charge on any atom is 0.0717 e. The standard InChI is InChI=1S/C13H8S16/c14-2-3(15)23-10(22-2)12-26-6(18)8(28-12)20-1-21-9-7(19)27-13(29-9)11-24-4(16)5(17)25-11/h14-19H,1H2. The van der Waals surface area contributed by atoms with Crippen LogP contribution in [0.1, 0.15) is 0 Å². The van der Waals surface area contributed by atoms with Crippen LogP contribution in [0.15, 0.2) is 50.8 Å². The zero-order chi connectivity index (χ0) is 20.7. The molecule has 0 saturated heterocycles. The molecular formula is C13H8S16. The molecule has 4 aliphatic rings. The van der Waals surface area contributed by atoms with E-state index in [1.165, 1.54) is 25.4 Å². The van der Waals surface area contributed by atoms with Crippen molar-refractivity contribution in [3.63, 3.8) is 0 Å². The predicted molar refractivity (Wildman–Crippen MR) is 177 cm³/mol. The van der Waals surface area contributed by atoms with Crippen molar-refractivity contribution in [2.24, 2.45) is 0 Å². The van der Waals surface area contributed by atoms with Crippen LogP contribution in [0.5, 0.6) is 0 Å². The van der Waals surface area contributed by atoms with E-state index in [9.17, 15) is 0 Å². The van der Waals surface area contributed by atoms with E-state index >= 15 is 0 Å². The minimum absolute atomic E-state index is 0.924.